The minimum absolute atomic E-state index is 0.190. The summed E-state index contributed by atoms with van der Waals surface area (Å²) in [6, 6.07) is 13.8. The SMILES string of the molecule is CCc1cccc(OCCNS(=O)(=O)c2ccc(N)cc2)c1. The number of nitrogens with two attached hydrogens (primary N) is 1. The summed E-state index contributed by atoms with van der Waals surface area (Å²) in [4.78, 5) is 0.190. The summed E-state index contributed by atoms with van der Waals surface area (Å²) >= 11 is 0. The molecule has 6 heteroatoms. The molecule has 0 radical (unpaired) electrons. The number of hydrogen-bond donors (Lipinski definition) is 2. The van der Waals surface area contributed by atoms with E-state index in [2.05, 4.69) is 11.6 Å². The summed E-state index contributed by atoms with van der Waals surface area (Å²) in [5.74, 6) is 0.742. The lowest BCUT2D eigenvalue weighted by molar-refractivity contribution is 0.322. The molecule has 0 aliphatic heterocycles. The van der Waals surface area contributed by atoms with Gasteiger partial charge < -0.3 is 10.5 Å². The van der Waals surface area contributed by atoms with Crippen LogP contribution in [0.3, 0.4) is 0 Å². The van der Waals surface area contributed by atoms with Gasteiger partial charge in [-0.1, -0.05) is 19.1 Å². The van der Waals surface area contributed by atoms with E-state index in [0.717, 1.165) is 12.2 Å². The van der Waals surface area contributed by atoms with Crippen LogP contribution in [0.4, 0.5) is 5.69 Å². The van der Waals surface area contributed by atoms with Crippen molar-refractivity contribution in [2.45, 2.75) is 18.2 Å². The van der Waals surface area contributed by atoms with Crippen LogP contribution in [-0.2, 0) is 16.4 Å². The molecule has 0 atom stereocenters. The van der Waals surface area contributed by atoms with Crippen LogP contribution in [0.15, 0.2) is 53.4 Å². The zero-order valence-electron chi connectivity index (χ0n) is 12.5. The average Bonchev–Trinajstić information content (AvgIpc) is 2.52. The van der Waals surface area contributed by atoms with Crippen molar-refractivity contribution in [1.29, 1.82) is 0 Å². The Morgan fingerprint density at radius 3 is 2.55 bits per heavy atom. The van der Waals surface area contributed by atoms with Gasteiger partial charge in [-0.2, -0.15) is 0 Å². The van der Waals surface area contributed by atoms with Gasteiger partial charge in [0.2, 0.25) is 10.0 Å². The maximum Gasteiger partial charge on any atom is 0.240 e. The highest BCUT2D eigenvalue weighted by Crippen LogP contribution is 2.14. The van der Waals surface area contributed by atoms with E-state index in [4.69, 9.17) is 10.5 Å². The molecule has 2 rings (SSSR count). The summed E-state index contributed by atoms with van der Waals surface area (Å²) in [5.41, 5.74) is 7.25. The Balaban J connectivity index is 1.86. The van der Waals surface area contributed by atoms with Crippen LogP contribution in [0.2, 0.25) is 0 Å². The molecule has 0 amide bonds. The van der Waals surface area contributed by atoms with E-state index in [1.54, 1.807) is 12.1 Å². The van der Waals surface area contributed by atoms with Gasteiger partial charge >= 0.3 is 0 Å². The van der Waals surface area contributed by atoms with Gasteiger partial charge in [-0.25, -0.2) is 13.1 Å². The van der Waals surface area contributed by atoms with E-state index in [9.17, 15) is 8.42 Å². The Kier molecular flexibility index (Phi) is 5.41. The first-order valence-electron chi connectivity index (χ1n) is 7.08. The van der Waals surface area contributed by atoms with E-state index in [0.29, 0.717) is 5.69 Å². The lowest BCUT2D eigenvalue weighted by atomic mass is 10.2. The average molecular weight is 320 g/mol. The van der Waals surface area contributed by atoms with Gasteiger partial charge in [0.15, 0.2) is 0 Å². The van der Waals surface area contributed by atoms with Crippen molar-refractivity contribution >= 4 is 15.7 Å². The van der Waals surface area contributed by atoms with Gasteiger partial charge in [-0.15, -0.1) is 0 Å². The van der Waals surface area contributed by atoms with Crippen LogP contribution in [0.5, 0.6) is 5.75 Å². The van der Waals surface area contributed by atoms with E-state index in [-0.39, 0.29) is 18.0 Å². The largest absolute Gasteiger partial charge is 0.492 e. The van der Waals surface area contributed by atoms with Crippen LogP contribution >= 0.6 is 0 Å². The predicted molar refractivity (Wildman–Crippen MR) is 87.4 cm³/mol. The summed E-state index contributed by atoms with van der Waals surface area (Å²) in [5, 5.41) is 0. The van der Waals surface area contributed by atoms with Crippen LogP contribution in [0, 0.1) is 0 Å². The molecule has 5 nitrogen and oxygen atoms in total. The first-order valence-corrected chi connectivity index (χ1v) is 8.56. The second-order valence-corrected chi connectivity index (χ2v) is 6.58. The van der Waals surface area contributed by atoms with E-state index < -0.39 is 10.0 Å². The Bertz CT molecular complexity index is 712. The van der Waals surface area contributed by atoms with Crippen molar-refractivity contribution < 1.29 is 13.2 Å². The first-order chi connectivity index (χ1) is 10.5. The number of nitrogens with one attached hydrogen (secondary N) is 1. The fourth-order valence-corrected chi connectivity index (χ4v) is 2.94. The normalized spacial score (nSPS) is 11.3. The standard InChI is InChI=1S/C16H20N2O3S/c1-2-13-4-3-5-15(12-13)21-11-10-18-22(19,20)16-8-6-14(17)7-9-16/h3-9,12,18H,2,10-11,17H2,1H3. The van der Waals surface area contributed by atoms with Crippen molar-refractivity contribution in [3.8, 4) is 5.75 Å². The number of aryl methyl sites for hydroxylation is 1. The first kappa shape index (κ1) is 16.3. The molecule has 0 aromatic heterocycles. The van der Waals surface area contributed by atoms with Crippen molar-refractivity contribution in [2.24, 2.45) is 0 Å². The minimum Gasteiger partial charge on any atom is -0.492 e. The molecule has 0 saturated heterocycles. The van der Waals surface area contributed by atoms with Gasteiger partial charge in [0, 0.05) is 12.2 Å². The van der Waals surface area contributed by atoms with Crippen molar-refractivity contribution in [3.05, 3.63) is 54.1 Å². The summed E-state index contributed by atoms with van der Waals surface area (Å²) in [6.45, 7) is 2.53. The van der Waals surface area contributed by atoms with E-state index in [1.165, 1.54) is 17.7 Å². The van der Waals surface area contributed by atoms with Crippen molar-refractivity contribution in [3.63, 3.8) is 0 Å². The fourth-order valence-electron chi connectivity index (χ4n) is 1.93. The van der Waals surface area contributed by atoms with E-state index >= 15 is 0 Å². The number of benzene rings is 2. The zero-order valence-corrected chi connectivity index (χ0v) is 13.3. The third-order valence-electron chi connectivity index (χ3n) is 3.16. The van der Waals surface area contributed by atoms with Crippen molar-refractivity contribution in [2.75, 3.05) is 18.9 Å². The predicted octanol–water partition coefficient (Wildman–Crippen LogP) is 2.19. The smallest absolute Gasteiger partial charge is 0.240 e. The highest BCUT2D eigenvalue weighted by molar-refractivity contribution is 7.89. The Morgan fingerprint density at radius 2 is 1.86 bits per heavy atom. The number of hydrogen-bond acceptors (Lipinski definition) is 4. The summed E-state index contributed by atoms with van der Waals surface area (Å²) in [7, 11) is -3.53. The van der Waals surface area contributed by atoms with Crippen LogP contribution in [0.25, 0.3) is 0 Å². The second-order valence-electron chi connectivity index (χ2n) is 4.82. The number of sulfonamides is 1. The molecule has 3 N–H and O–H groups in total. The lowest BCUT2D eigenvalue weighted by Crippen LogP contribution is -2.28. The maximum atomic E-state index is 12.0. The minimum atomic E-state index is -3.53. The van der Waals surface area contributed by atoms with Crippen LogP contribution < -0.4 is 15.2 Å². The Morgan fingerprint density at radius 1 is 1.14 bits per heavy atom. The lowest BCUT2D eigenvalue weighted by Gasteiger charge is -2.09. The Hall–Kier alpha value is -2.05. The zero-order chi connectivity index (χ0) is 16.0. The summed E-state index contributed by atoms with van der Waals surface area (Å²) in [6.07, 6.45) is 0.932. The molecule has 22 heavy (non-hydrogen) atoms. The highest BCUT2D eigenvalue weighted by atomic mass is 32.2. The molecule has 0 heterocycles. The topological polar surface area (TPSA) is 81.4 Å². The molecular formula is C16H20N2O3S. The molecule has 2 aromatic carbocycles. The molecule has 0 aliphatic rings. The third-order valence-corrected chi connectivity index (χ3v) is 4.64. The molecule has 0 aliphatic carbocycles. The molecule has 0 bridgehead atoms. The van der Waals surface area contributed by atoms with Crippen molar-refractivity contribution in [1.82, 2.24) is 4.72 Å². The monoisotopic (exact) mass is 320 g/mol. The molecule has 0 spiro atoms. The van der Waals surface area contributed by atoms with Gasteiger partial charge in [-0.3, -0.25) is 0 Å². The molecule has 0 saturated carbocycles. The maximum absolute atomic E-state index is 12.0. The van der Waals surface area contributed by atoms with Gasteiger partial charge in [0.05, 0.1) is 4.90 Å². The molecular weight excluding hydrogens is 300 g/mol. The highest BCUT2D eigenvalue weighted by Gasteiger charge is 2.12. The van der Waals surface area contributed by atoms with Crippen LogP contribution in [-0.4, -0.2) is 21.6 Å². The number of rotatable bonds is 7. The molecule has 0 fully saturated rings. The van der Waals surface area contributed by atoms with Crippen LogP contribution in [0.1, 0.15) is 12.5 Å². The molecule has 0 unspecified atom stereocenters. The molecule has 2 aromatic rings. The summed E-state index contributed by atoms with van der Waals surface area (Å²) < 4.78 is 32.1. The van der Waals surface area contributed by atoms with Gasteiger partial charge in [0.25, 0.3) is 0 Å². The third kappa shape index (κ3) is 4.47. The molecule has 118 valence electrons. The number of anilines is 1. The quantitative estimate of drug-likeness (QED) is 0.605. The second kappa shape index (κ2) is 7.29. The fraction of sp³-hybridized carbons (Fsp3) is 0.250. The van der Waals surface area contributed by atoms with Gasteiger partial charge in [0.1, 0.15) is 12.4 Å². The van der Waals surface area contributed by atoms with E-state index in [1.807, 2.05) is 24.3 Å². The Labute approximate surface area is 131 Å². The number of ether oxygens (including phenoxy) is 1. The van der Waals surface area contributed by atoms with Gasteiger partial charge in [-0.05, 0) is 48.4 Å². The number of nitrogen functional groups attached to an aromatic ring is 1.